The van der Waals surface area contributed by atoms with E-state index in [4.69, 9.17) is 9.84 Å². The first-order chi connectivity index (χ1) is 7.22. The molecule has 1 aliphatic carbocycles. The monoisotopic (exact) mass is 215 g/mol. The molecule has 0 spiro atoms. The number of hydrogen-bond acceptors (Lipinski definition) is 4. The summed E-state index contributed by atoms with van der Waals surface area (Å²) >= 11 is 0. The van der Waals surface area contributed by atoms with Crippen LogP contribution >= 0.6 is 0 Å². The third kappa shape index (κ3) is 5.14. The van der Waals surface area contributed by atoms with Gasteiger partial charge in [0, 0.05) is 0 Å². The van der Waals surface area contributed by atoms with E-state index in [1.165, 1.54) is 0 Å². The van der Waals surface area contributed by atoms with E-state index in [1.54, 1.807) is 0 Å². The van der Waals surface area contributed by atoms with Crippen molar-refractivity contribution in [2.45, 2.75) is 38.7 Å². The average Bonchev–Trinajstić information content (AvgIpc) is 2.15. The largest absolute Gasteiger partial charge is 0.465 e. The van der Waals surface area contributed by atoms with Crippen molar-refractivity contribution >= 4 is 5.97 Å². The number of unbranched alkanes of at least 4 members (excludes halogenated alkanes) is 1. The van der Waals surface area contributed by atoms with Crippen LogP contribution in [0.4, 0.5) is 0 Å². The van der Waals surface area contributed by atoms with Crippen molar-refractivity contribution in [3.63, 3.8) is 0 Å². The Morgan fingerprint density at radius 2 is 2.27 bits per heavy atom. The van der Waals surface area contributed by atoms with Gasteiger partial charge >= 0.3 is 5.97 Å². The van der Waals surface area contributed by atoms with Gasteiger partial charge in [0.15, 0.2) is 0 Å². The van der Waals surface area contributed by atoms with Gasteiger partial charge in [-0.2, -0.15) is 0 Å². The van der Waals surface area contributed by atoms with Crippen LogP contribution in [0.1, 0.15) is 32.6 Å². The zero-order valence-electron chi connectivity index (χ0n) is 9.37. The van der Waals surface area contributed by atoms with E-state index in [1.807, 2.05) is 0 Å². The fraction of sp³-hybridized carbons (Fsp3) is 0.909. The van der Waals surface area contributed by atoms with E-state index in [0.717, 1.165) is 32.2 Å². The minimum absolute atomic E-state index is 0.117. The minimum atomic E-state index is -0.177. The third-order valence-electron chi connectivity index (χ3n) is 2.67. The Labute approximate surface area is 91.0 Å². The number of carbonyl (C=O) groups excluding carboxylic acids is 1. The topological polar surface area (TPSA) is 58.6 Å². The Morgan fingerprint density at radius 1 is 1.53 bits per heavy atom. The maximum absolute atomic E-state index is 11.1. The van der Waals surface area contributed by atoms with Crippen LogP contribution in [0.15, 0.2) is 0 Å². The summed E-state index contributed by atoms with van der Waals surface area (Å²) in [7, 11) is 0. The Kier molecular flexibility index (Phi) is 5.65. The van der Waals surface area contributed by atoms with Gasteiger partial charge in [-0.05, 0) is 31.7 Å². The normalized spacial score (nSPS) is 24.7. The van der Waals surface area contributed by atoms with Crippen molar-refractivity contribution in [1.29, 1.82) is 0 Å². The lowest BCUT2D eigenvalue weighted by Gasteiger charge is -2.31. The number of aliphatic hydroxyl groups is 1. The van der Waals surface area contributed by atoms with Gasteiger partial charge in [-0.25, -0.2) is 0 Å². The molecule has 2 N–H and O–H groups in total. The van der Waals surface area contributed by atoms with Crippen LogP contribution in [0.5, 0.6) is 0 Å². The van der Waals surface area contributed by atoms with Gasteiger partial charge in [0.2, 0.25) is 0 Å². The summed E-state index contributed by atoms with van der Waals surface area (Å²) in [6, 6.07) is 0. The summed E-state index contributed by atoms with van der Waals surface area (Å²) in [5.74, 6) is 0.353. The summed E-state index contributed by atoms with van der Waals surface area (Å²) in [6.45, 7) is 3.68. The zero-order chi connectivity index (χ0) is 11.1. The lowest BCUT2D eigenvalue weighted by molar-refractivity contribution is -0.142. The maximum Gasteiger partial charge on any atom is 0.319 e. The van der Waals surface area contributed by atoms with Crippen molar-refractivity contribution in [3.05, 3.63) is 0 Å². The molecule has 0 amide bonds. The van der Waals surface area contributed by atoms with Crippen molar-refractivity contribution in [2.24, 2.45) is 5.92 Å². The highest BCUT2D eigenvalue weighted by atomic mass is 16.5. The van der Waals surface area contributed by atoms with E-state index in [-0.39, 0.29) is 18.6 Å². The van der Waals surface area contributed by atoms with E-state index in [2.05, 4.69) is 12.2 Å². The molecule has 1 saturated carbocycles. The number of nitrogens with one attached hydrogen (secondary N) is 1. The Balaban J connectivity index is 1.88. The molecule has 15 heavy (non-hydrogen) atoms. The van der Waals surface area contributed by atoms with Crippen LogP contribution in [0.3, 0.4) is 0 Å². The first-order valence-electron chi connectivity index (χ1n) is 5.76. The van der Waals surface area contributed by atoms with Gasteiger partial charge in [-0.3, -0.25) is 4.79 Å². The summed E-state index contributed by atoms with van der Waals surface area (Å²) in [5, 5.41) is 12.1. The SMILES string of the molecule is CCCCOC(=O)CNCC1CC(O)C1. The molecule has 0 aromatic rings. The van der Waals surface area contributed by atoms with E-state index in [0.29, 0.717) is 12.5 Å². The third-order valence-corrected chi connectivity index (χ3v) is 2.67. The standard InChI is InChI=1S/C11H21NO3/c1-2-3-4-15-11(14)8-12-7-9-5-10(13)6-9/h9-10,12-13H,2-8H2,1H3. The minimum Gasteiger partial charge on any atom is -0.465 e. The molecule has 0 heterocycles. The fourth-order valence-electron chi connectivity index (χ4n) is 1.63. The number of carbonyl (C=O) groups is 1. The van der Waals surface area contributed by atoms with Gasteiger partial charge < -0.3 is 15.2 Å². The van der Waals surface area contributed by atoms with Crippen molar-refractivity contribution in [2.75, 3.05) is 19.7 Å². The molecule has 0 atom stereocenters. The van der Waals surface area contributed by atoms with Crippen LogP contribution in [0.2, 0.25) is 0 Å². The molecule has 0 aromatic heterocycles. The van der Waals surface area contributed by atoms with Crippen LogP contribution in [0.25, 0.3) is 0 Å². The zero-order valence-corrected chi connectivity index (χ0v) is 9.37. The Morgan fingerprint density at radius 3 is 2.87 bits per heavy atom. The highest BCUT2D eigenvalue weighted by Gasteiger charge is 2.26. The average molecular weight is 215 g/mol. The van der Waals surface area contributed by atoms with Crippen molar-refractivity contribution < 1.29 is 14.6 Å². The van der Waals surface area contributed by atoms with Gasteiger partial charge in [0.05, 0.1) is 19.3 Å². The summed E-state index contributed by atoms with van der Waals surface area (Å²) < 4.78 is 4.99. The molecular formula is C11H21NO3. The number of ether oxygens (including phenoxy) is 1. The Hall–Kier alpha value is -0.610. The molecule has 4 nitrogen and oxygen atoms in total. The molecule has 0 radical (unpaired) electrons. The second-order valence-electron chi connectivity index (χ2n) is 4.20. The van der Waals surface area contributed by atoms with E-state index in [9.17, 15) is 4.79 Å². The van der Waals surface area contributed by atoms with Gasteiger partial charge in [0.25, 0.3) is 0 Å². The highest BCUT2D eigenvalue weighted by Crippen LogP contribution is 2.25. The van der Waals surface area contributed by atoms with Crippen molar-refractivity contribution in [1.82, 2.24) is 5.32 Å². The van der Waals surface area contributed by atoms with E-state index < -0.39 is 0 Å². The van der Waals surface area contributed by atoms with Crippen LogP contribution in [0, 0.1) is 5.92 Å². The number of hydrogen-bond donors (Lipinski definition) is 2. The van der Waals surface area contributed by atoms with Crippen molar-refractivity contribution in [3.8, 4) is 0 Å². The molecule has 88 valence electrons. The van der Waals surface area contributed by atoms with Crippen LogP contribution in [-0.2, 0) is 9.53 Å². The molecule has 0 unspecified atom stereocenters. The molecule has 0 saturated heterocycles. The number of rotatable bonds is 7. The van der Waals surface area contributed by atoms with Crippen LogP contribution in [-0.4, -0.2) is 36.9 Å². The molecule has 1 fully saturated rings. The Bertz CT molecular complexity index is 190. The predicted molar refractivity (Wildman–Crippen MR) is 57.5 cm³/mol. The molecule has 1 rings (SSSR count). The van der Waals surface area contributed by atoms with Gasteiger partial charge in [-0.15, -0.1) is 0 Å². The predicted octanol–water partition coefficient (Wildman–Crippen LogP) is 0.690. The fourth-order valence-corrected chi connectivity index (χ4v) is 1.63. The lowest BCUT2D eigenvalue weighted by atomic mass is 9.82. The molecule has 1 aliphatic rings. The van der Waals surface area contributed by atoms with E-state index >= 15 is 0 Å². The lowest BCUT2D eigenvalue weighted by Crippen LogP contribution is -2.38. The highest BCUT2D eigenvalue weighted by molar-refractivity contribution is 5.71. The summed E-state index contributed by atoms with van der Waals surface area (Å²) in [4.78, 5) is 11.1. The second kappa shape index (κ2) is 6.80. The van der Waals surface area contributed by atoms with Gasteiger partial charge in [0.1, 0.15) is 0 Å². The molecular weight excluding hydrogens is 194 g/mol. The smallest absolute Gasteiger partial charge is 0.319 e. The number of esters is 1. The molecule has 0 aromatic carbocycles. The maximum atomic E-state index is 11.1. The second-order valence-corrected chi connectivity index (χ2v) is 4.20. The molecule has 0 bridgehead atoms. The van der Waals surface area contributed by atoms with Gasteiger partial charge in [-0.1, -0.05) is 13.3 Å². The summed E-state index contributed by atoms with van der Waals surface area (Å²) in [5.41, 5.74) is 0. The van der Waals surface area contributed by atoms with Crippen LogP contribution < -0.4 is 5.32 Å². The molecule has 4 heteroatoms. The summed E-state index contributed by atoms with van der Waals surface area (Å²) in [6.07, 6.45) is 3.57. The number of aliphatic hydroxyl groups excluding tert-OH is 1. The quantitative estimate of drug-likeness (QED) is 0.484. The molecule has 0 aliphatic heterocycles. The first kappa shape index (κ1) is 12.5. The first-order valence-corrected chi connectivity index (χ1v) is 5.76.